The van der Waals surface area contributed by atoms with Crippen LogP contribution in [0.1, 0.15) is 15.9 Å². The van der Waals surface area contributed by atoms with E-state index in [4.69, 9.17) is 0 Å². The Morgan fingerprint density at radius 3 is 2.76 bits per heavy atom. The molecule has 8 nitrogen and oxygen atoms in total. The molecule has 0 fully saturated rings. The topological polar surface area (TPSA) is 116 Å². The van der Waals surface area contributed by atoms with Crippen LogP contribution in [-0.2, 0) is 6.54 Å². The third-order valence-corrected chi connectivity index (χ3v) is 4.38. The number of imidazole rings is 1. The number of benzene rings is 2. The highest BCUT2D eigenvalue weighted by Gasteiger charge is 2.12. The lowest BCUT2D eigenvalue weighted by atomic mass is 10.1. The SMILES string of the molecule is CNc1cncc(-c2cc(F)cc(C(=O)NCc3ccc4[nH]c(=O)[nH]c4c3)c2)n1. The molecule has 9 heteroatoms. The molecule has 2 heterocycles. The first kappa shape index (κ1) is 18.4. The Morgan fingerprint density at radius 2 is 1.93 bits per heavy atom. The molecule has 29 heavy (non-hydrogen) atoms. The molecule has 1 amide bonds. The smallest absolute Gasteiger partial charge is 0.323 e. The number of fused-ring (bicyclic) bond motifs is 1. The van der Waals surface area contributed by atoms with E-state index in [0.717, 1.165) is 5.56 Å². The Kier molecular flexibility index (Phi) is 4.78. The highest BCUT2D eigenvalue weighted by atomic mass is 19.1. The average molecular weight is 392 g/mol. The molecule has 0 saturated heterocycles. The summed E-state index contributed by atoms with van der Waals surface area (Å²) in [5, 5.41) is 5.63. The standard InChI is InChI=1S/C20H17FN6O2/c1-22-18-10-23-9-17(25-18)12-5-13(7-14(21)6-12)19(28)24-8-11-2-3-15-16(4-11)27-20(29)26-15/h2-7,9-10H,8H2,1H3,(H,22,25)(H,24,28)(H2,26,27,29). The van der Waals surface area contributed by atoms with Gasteiger partial charge in [0, 0.05) is 24.7 Å². The molecular formula is C20H17FN6O2. The van der Waals surface area contributed by atoms with E-state index in [0.29, 0.717) is 28.1 Å². The summed E-state index contributed by atoms with van der Waals surface area (Å²) < 4.78 is 14.1. The third-order valence-electron chi connectivity index (χ3n) is 4.38. The second-order valence-corrected chi connectivity index (χ2v) is 6.41. The fourth-order valence-corrected chi connectivity index (χ4v) is 2.97. The zero-order chi connectivity index (χ0) is 20.4. The van der Waals surface area contributed by atoms with E-state index in [-0.39, 0.29) is 17.8 Å². The van der Waals surface area contributed by atoms with Crippen LogP contribution in [0.3, 0.4) is 0 Å². The van der Waals surface area contributed by atoms with Crippen molar-refractivity contribution in [3.05, 3.63) is 76.2 Å². The van der Waals surface area contributed by atoms with Crippen LogP contribution in [0, 0.1) is 5.82 Å². The lowest BCUT2D eigenvalue weighted by molar-refractivity contribution is 0.0950. The summed E-state index contributed by atoms with van der Waals surface area (Å²) in [6.45, 7) is 0.225. The largest absolute Gasteiger partial charge is 0.372 e. The molecule has 0 aliphatic heterocycles. The first-order chi connectivity index (χ1) is 14.0. The number of aromatic amines is 2. The number of amides is 1. The zero-order valence-electron chi connectivity index (χ0n) is 15.4. The molecule has 4 N–H and O–H groups in total. The highest BCUT2D eigenvalue weighted by Crippen LogP contribution is 2.21. The molecule has 0 bridgehead atoms. The van der Waals surface area contributed by atoms with Crippen molar-refractivity contribution >= 4 is 22.8 Å². The van der Waals surface area contributed by atoms with Gasteiger partial charge in [0.25, 0.3) is 5.91 Å². The number of carbonyl (C=O) groups excluding carboxylic acids is 1. The van der Waals surface area contributed by atoms with Crippen LogP contribution in [-0.4, -0.2) is 32.9 Å². The van der Waals surface area contributed by atoms with E-state index in [9.17, 15) is 14.0 Å². The molecule has 146 valence electrons. The van der Waals surface area contributed by atoms with E-state index in [2.05, 4.69) is 30.6 Å². The van der Waals surface area contributed by atoms with Gasteiger partial charge in [-0.1, -0.05) is 6.07 Å². The molecule has 4 aromatic rings. The number of rotatable bonds is 5. The Morgan fingerprint density at radius 1 is 1.10 bits per heavy atom. The number of halogens is 1. The minimum Gasteiger partial charge on any atom is -0.372 e. The Hall–Kier alpha value is -4.01. The summed E-state index contributed by atoms with van der Waals surface area (Å²) in [5.41, 5.74) is 2.91. The predicted octanol–water partition coefficient (Wildman–Crippen LogP) is 2.42. The maximum Gasteiger partial charge on any atom is 0.323 e. The van der Waals surface area contributed by atoms with Crippen molar-refractivity contribution in [3.8, 4) is 11.3 Å². The number of aromatic nitrogens is 4. The van der Waals surface area contributed by atoms with Crippen LogP contribution in [0.15, 0.2) is 53.6 Å². The number of carbonyl (C=O) groups is 1. The number of nitrogens with one attached hydrogen (secondary N) is 4. The van der Waals surface area contributed by atoms with Crippen molar-refractivity contribution in [2.75, 3.05) is 12.4 Å². The Bertz CT molecular complexity index is 1260. The van der Waals surface area contributed by atoms with Crippen molar-refractivity contribution in [2.45, 2.75) is 6.54 Å². The molecule has 0 atom stereocenters. The number of nitrogens with zero attached hydrogens (tertiary/aromatic N) is 2. The van der Waals surface area contributed by atoms with Gasteiger partial charge in [-0.05, 0) is 35.9 Å². The summed E-state index contributed by atoms with van der Waals surface area (Å²) in [7, 11) is 1.71. The van der Waals surface area contributed by atoms with Crippen molar-refractivity contribution in [1.29, 1.82) is 0 Å². The van der Waals surface area contributed by atoms with Gasteiger partial charge >= 0.3 is 5.69 Å². The van der Waals surface area contributed by atoms with E-state index >= 15 is 0 Å². The van der Waals surface area contributed by atoms with Gasteiger partial charge in [-0.2, -0.15) is 0 Å². The highest BCUT2D eigenvalue weighted by molar-refractivity contribution is 5.95. The van der Waals surface area contributed by atoms with Crippen molar-refractivity contribution in [1.82, 2.24) is 25.3 Å². The lowest BCUT2D eigenvalue weighted by Crippen LogP contribution is -2.23. The fourth-order valence-electron chi connectivity index (χ4n) is 2.97. The molecule has 2 aromatic heterocycles. The molecule has 0 radical (unpaired) electrons. The van der Waals surface area contributed by atoms with Gasteiger partial charge in [0.15, 0.2) is 0 Å². The quantitative estimate of drug-likeness (QED) is 0.416. The van der Waals surface area contributed by atoms with E-state index in [1.165, 1.54) is 18.3 Å². The van der Waals surface area contributed by atoms with Crippen LogP contribution >= 0.6 is 0 Å². The summed E-state index contributed by atoms with van der Waals surface area (Å²) in [5.74, 6) is -0.433. The second-order valence-electron chi connectivity index (χ2n) is 6.41. The summed E-state index contributed by atoms with van der Waals surface area (Å²) >= 11 is 0. The average Bonchev–Trinajstić information content (AvgIpc) is 3.10. The van der Waals surface area contributed by atoms with Crippen molar-refractivity contribution in [2.24, 2.45) is 0 Å². The number of H-pyrrole nitrogens is 2. The molecule has 0 aliphatic rings. The van der Waals surface area contributed by atoms with E-state index < -0.39 is 11.7 Å². The maximum atomic E-state index is 14.1. The van der Waals surface area contributed by atoms with Gasteiger partial charge in [-0.25, -0.2) is 14.2 Å². The minimum absolute atomic E-state index is 0.174. The zero-order valence-corrected chi connectivity index (χ0v) is 15.4. The molecule has 0 spiro atoms. The summed E-state index contributed by atoms with van der Waals surface area (Å²) in [6, 6.07) is 9.35. The third kappa shape index (κ3) is 3.98. The predicted molar refractivity (Wildman–Crippen MR) is 107 cm³/mol. The van der Waals surface area contributed by atoms with Gasteiger partial charge < -0.3 is 20.6 Å². The van der Waals surface area contributed by atoms with Crippen LogP contribution in [0.25, 0.3) is 22.3 Å². The summed E-state index contributed by atoms with van der Waals surface area (Å²) in [6.07, 6.45) is 3.05. The monoisotopic (exact) mass is 392 g/mol. The van der Waals surface area contributed by atoms with Gasteiger partial charge in [-0.15, -0.1) is 0 Å². The lowest BCUT2D eigenvalue weighted by Gasteiger charge is -2.09. The minimum atomic E-state index is -0.546. The molecule has 4 rings (SSSR count). The van der Waals surface area contributed by atoms with Crippen LogP contribution in [0.5, 0.6) is 0 Å². The van der Waals surface area contributed by atoms with Crippen LogP contribution in [0.2, 0.25) is 0 Å². The number of anilines is 1. The van der Waals surface area contributed by atoms with E-state index in [1.807, 2.05) is 0 Å². The van der Waals surface area contributed by atoms with Crippen molar-refractivity contribution in [3.63, 3.8) is 0 Å². The van der Waals surface area contributed by atoms with Gasteiger partial charge in [0.05, 0.1) is 29.1 Å². The first-order valence-corrected chi connectivity index (χ1v) is 8.82. The van der Waals surface area contributed by atoms with Crippen LogP contribution < -0.4 is 16.3 Å². The second kappa shape index (κ2) is 7.55. The fraction of sp³-hybridized carbons (Fsp3) is 0.100. The van der Waals surface area contributed by atoms with Gasteiger partial charge in [0.2, 0.25) is 0 Å². The van der Waals surface area contributed by atoms with E-state index in [1.54, 1.807) is 37.5 Å². The Balaban J connectivity index is 1.54. The maximum absolute atomic E-state index is 14.1. The number of hydrogen-bond acceptors (Lipinski definition) is 5. The molecular weight excluding hydrogens is 375 g/mol. The molecule has 0 aliphatic carbocycles. The normalized spacial score (nSPS) is 10.8. The van der Waals surface area contributed by atoms with Gasteiger partial charge in [0.1, 0.15) is 11.6 Å². The molecule has 2 aromatic carbocycles. The van der Waals surface area contributed by atoms with Gasteiger partial charge in [-0.3, -0.25) is 9.78 Å². The summed E-state index contributed by atoms with van der Waals surface area (Å²) in [4.78, 5) is 37.6. The Labute approximate surface area is 164 Å². The molecule has 0 unspecified atom stereocenters. The van der Waals surface area contributed by atoms with Crippen molar-refractivity contribution < 1.29 is 9.18 Å². The number of hydrogen-bond donors (Lipinski definition) is 4. The van der Waals surface area contributed by atoms with Crippen LogP contribution in [0.4, 0.5) is 10.2 Å². The first-order valence-electron chi connectivity index (χ1n) is 8.82. The molecule has 0 saturated carbocycles.